The molecule has 0 aromatic heterocycles. The van der Waals surface area contributed by atoms with Crippen molar-refractivity contribution in [1.82, 2.24) is 14.5 Å². The largest absolute Gasteiger partial charge is 0.337 e. The molecule has 2 rings (SSSR count). The van der Waals surface area contributed by atoms with E-state index < -0.39 is 10.0 Å². The number of hydrogen-bond donors (Lipinski definition) is 2. The molecule has 2 saturated heterocycles. The number of sulfonamides is 1. The molecule has 0 radical (unpaired) electrons. The Hall–Kier alpha value is -0.470. The van der Waals surface area contributed by atoms with Gasteiger partial charge in [0.05, 0.1) is 6.26 Å². The normalized spacial score (nSPS) is 26.5. The Morgan fingerprint density at radius 3 is 2.50 bits per heavy atom. The summed E-state index contributed by atoms with van der Waals surface area (Å²) in [6.45, 7) is 8.33. The Labute approximate surface area is 162 Å². The highest BCUT2D eigenvalue weighted by molar-refractivity contribution is 8.16. The molecule has 3 atom stereocenters. The molecule has 154 valence electrons. The Kier molecular flexibility index (Phi) is 8.09. The van der Waals surface area contributed by atoms with Crippen LogP contribution in [0.1, 0.15) is 33.1 Å². The maximum absolute atomic E-state index is 12.3. The number of nitrogens with zero attached hydrogens (tertiary/aromatic N) is 2. The number of urea groups is 1. The molecule has 0 spiro atoms. The standard InChI is InChI=1S/C18H37N3O3S2/c1-15(2)11-16-5-8-20(12-16)18(22)19-7-10-25(3)14-17-6-9-21(13-17)26(4,23)24/h15-17,25H,5-14H2,1-4H3,(H,19,22). The number of carbonyl (C=O) groups excluding carboxylic acids is 1. The maximum Gasteiger partial charge on any atom is 0.317 e. The molecular weight excluding hydrogens is 370 g/mol. The Balaban J connectivity index is 1.61. The lowest BCUT2D eigenvalue weighted by atomic mass is 9.97. The number of thiol groups is 1. The summed E-state index contributed by atoms with van der Waals surface area (Å²) < 4.78 is 24.8. The minimum absolute atomic E-state index is 0.0868. The van der Waals surface area contributed by atoms with Crippen molar-refractivity contribution in [2.75, 3.05) is 56.7 Å². The molecule has 6 nitrogen and oxygen atoms in total. The first-order chi connectivity index (χ1) is 12.1. The van der Waals surface area contributed by atoms with Gasteiger partial charge in [-0.1, -0.05) is 13.8 Å². The Bertz CT molecular complexity index is 568. The van der Waals surface area contributed by atoms with Gasteiger partial charge in [0.2, 0.25) is 10.0 Å². The van der Waals surface area contributed by atoms with Crippen LogP contribution in [0.2, 0.25) is 0 Å². The van der Waals surface area contributed by atoms with E-state index in [-0.39, 0.29) is 16.9 Å². The second kappa shape index (κ2) is 9.64. The van der Waals surface area contributed by atoms with Crippen LogP contribution < -0.4 is 5.32 Å². The molecule has 3 unspecified atom stereocenters. The number of nitrogens with one attached hydrogen (secondary N) is 1. The molecular formula is C18H37N3O3S2. The predicted octanol–water partition coefficient (Wildman–Crippen LogP) is 1.98. The van der Waals surface area contributed by atoms with E-state index in [1.807, 2.05) is 4.90 Å². The monoisotopic (exact) mass is 407 g/mol. The molecule has 26 heavy (non-hydrogen) atoms. The van der Waals surface area contributed by atoms with Gasteiger partial charge in [0, 0.05) is 32.7 Å². The van der Waals surface area contributed by atoms with Gasteiger partial charge < -0.3 is 10.2 Å². The predicted molar refractivity (Wildman–Crippen MR) is 112 cm³/mol. The van der Waals surface area contributed by atoms with Gasteiger partial charge in [-0.05, 0) is 54.8 Å². The summed E-state index contributed by atoms with van der Waals surface area (Å²) in [4.78, 5) is 14.3. The molecule has 2 heterocycles. The topological polar surface area (TPSA) is 69.7 Å². The highest BCUT2D eigenvalue weighted by atomic mass is 32.2. The van der Waals surface area contributed by atoms with Crippen LogP contribution in [0.15, 0.2) is 0 Å². The highest BCUT2D eigenvalue weighted by Gasteiger charge is 2.29. The zero-order valence-corrected chi connectivity index (χ0v) is 18.5. The molecule has 0 aromatic carbocycles. The summed E-state index contributed by atoms with van der Waals surface area (Å²) in [7, 11) is -3.21. The van der Waals surface area contributed by atoms with Gasteiger partial charge in [0.15, 0.2) is 0 Å². The van der Waals surface area contributed by atoms with Crippen LogP contribution in [-0.2, 0) is 10.0 Å². The lowest BCUT2D eigenvalue weighted by Gasteiger charge is -2.22. The summed E-state index contributed by atoms with van der Waals surface area (Å²) in [6.07, 6.45) is 6.86. The third-order valence-electron chi connectivity index (χ3n) is 5.44. The second-order valence-electron chi connectivity index (χ2n) is 8.50. The first-order valence-corrected chi connectivity index (χ1v) is 13.8. The summed E-state index contributed by atoms with van der Waals surface area (Å²) in [5.74, 6) is 3.94. The summed E-state index contributed by atoms with van der Waals surface area (Å²) in [5, 5.41) is 3.08. The van der Waals surface area contributed by atoms with Crippen LogP contribution in [0.5, 0.6) is 0 Å². The quantitative estimate of drug-likeness (QED) is 0.605. The van der Waals surface area contributed by atoms with Crippen molar-refractivity contribution < 1.29 is 13.2 Å². The lowest BCUT2D eigenvalue weighted by Crippen LogP contribution is -2.39. The van der Waals surface area contributed by atoms with Gasteiger partial charge in [-0.25, -0.2) is 17.5 Å². The van der Waals surface area contributed by atoms with Crippen LogP contribution in [0, 0.1) is 17.8 Å². The molecule has 1 N–H and O–H groups in total. The van der Waals surface area contributed by atoms with Crippen molar-refractivity contribution in [3.63, 3.8) is 0 Å². The number of amides is 2. The zero-order valence-electron chi connectivity index (χ0n) is 16.8. The van der Waals surface area contributed by atoms with Crippen molar-refractivity contribution in [2.45, 2.75) is 33.1 Å². The van der Waals surface area contributed by atoms with Crippen molar-refractivity contribution in [2.24, 2.45) is 17.8 Å². The van der Waals surface area contributed by atoms with Crippen molar-refractivity contribution >= 4 is 26.9 Å². The number of hydrogen-bond acceptors (Lipinski definition) is 3. The summed E-state index contributed by atoms with van der Waals surface area (Å²) in [6, 6.07) is 0.0868. The Morgan fingerprint density at radius 1 is 1.19 bits per heavy atom. The van der Waals surface area contributed by atoms with Gasteiger partial charge in [-0.3, -0.25) is 10.9 Å². The van der Waals surface area contributed by atoms with E-state index in [9.17, 15) is 13.2 Å². The zero-order chi connectivity index (χ0) is 19.3. The van der Waals surface area contributed by atoms with Crippen LogP contribution >= 0.6 is 10.9 Å². The van der Waals surface area contributed by atoms with Crippen LogP contribution in [0.25, 0.3) is 0 Å². The third-order valence-corrected chi connectivity index (χ3v) is 8.83. The van der Waals surface area contributed by atoms with Gasteiger partial charge in [-0.15, -0.1) is 0 Å². The summed E-state index contributed by atoms with van der Waals surface area (Å²) in [5.41, 5.74) is 0. The van der Waals surface area contributed by atoms with Gasteiger partial charge in [0.25, 0.3) is 0 Å². The van der Waals surface area contributed by atoms with Crippen LogP contribution in [-0.4, -0.2) is 80.4 Å². The first-order valence-electron chi connectivity index (χ1n) is 9.81. The molecule has 0 aromatic rings. The molecule has 2 fully saturated rings. The average Bonchev–Trinajstić information content (AvgIpc) is 3.15. The first kappa shape index (κ1) is 21.8. The molecule has 8 heteroatoms. The van der Waals surface area contributed by atoms with E-state index in [0.29, 0.717) is 30.8 Å². The van der Waals surface area contributed by atoms with Crippen LogP contribution in [0.3, 0.4) is 0 Å². The minimum Gasteiger partial charge on any atom is -0.337 e. The number of likely N-dealkylation sites (tertiary alicyclic amines) is 1. The van der Waals surface area contributed by atoms with Crippen molar-refractivity contribution in [3.05, 3.63) is 0 Å². The van der Waals surface area contributed by atoms with E-state index in [1.165, 1.54) is 12.7 Å². The molecule has 2 aliphatic heterocycles. The number of carbonyl (C=O) groups is 1. The fourth-order valence-electron chi connectivity index (χ4n) is 4.12. The molecule has 2 aliphatic rings. The van der Waals surface area contributed by atoms with Crippen molar-refractivity contribution in [1.29, 1.82) is 0 Å². The molecule has 0 saturated carbocycles. The Morgan fingerprint density at radius 2 is 1.88 bits per heavy atom. The average molecular weight is 408 g/mol. The molecule has 0 aliphatic carbocycles. The summed E-state index contributed by atoms with van der Waals surface area (Å²) >= 11 is 0. The van der Waals surface area contributed by atoms with Gasteiger partial charge >= 0.3 is 6.03 Å². The fraction of sp³-hybridized carbons (Fsp3) is 0.944. The van der Waals surface area contributed by atoms with Crippen LogP contribution in [0.4, 0.5) is 4.79 Å². The maximum atomic E-state index is 12.3. The van der Waals surface area contributed by atoms with E-state index >= 15 is 0 Å². The second-order valence-corrected chi connectivity index (χ2v) is 13.0. The minimum atomic E-state index is -3.04. The van der Waals surface area contributed by atoms with E-state index in [4.69, 9.17) is 0 Å². The third kappa shape index (κ3) is 6.93. The van der Waals surface area contributed by atoms with E-state index in [0.717, 1.165) is 44.0 Å². The highest BCUT2D eigenvalue weighted by Crippen LogP contribution is 2.29. The molecule has 2 amide bonds. The van der Waals surface area contributed by atoms with E-state index in [2.05, 4.69) is 25.4 Å². The molecule has 0 bridgehead atoms. The van der Waals surface area contributed by atoms with E-state index in [1.54, 1.807) is 4.31 Å². The fourth-order valence-corrected chi connectivity index (χ4v) is 6.90. The van der Waals surface area contributed by atoms with Gasteiger partial charge in [-0.2, -0.15) is 0 Å². The van der Waals surface area contributed by atoms with Crippen molar-refractivity contribution in [3.8, 4) is 0 Å². The SMILES string of the molecule is CC(C)CC1CCN(C(=O)NCC[SH](C)CC2CCN(S(C)(=O)=O)C2)C1. The lowest BCUT2D eigenvalue weighted by molar-refractivity contribution is 0.207. The van der Waals surface area contributed by atoms with Gasteiger partial charge in [0.1, 0.15) is 0 Å². The smallest absolute Gasteiger partial charge is 0.317 e. The number of rotatable bonds is 8.